The molecule has 0 aliphatic heterocycles. The van der Waals surface area contributed by atoms with Crippen LogP contribution in [0.15, 0.2) is 48.5 Å². The number of hydroxylamine groups is 1. The van der Waals surface area contributed by atoms with Gasteiger partial charge in [-0.3, -0.25) is 19.6 Å². The van der Waals surface area contributed by atoms with E-state index in [1.165, 1.54) is 18.3 Å². The highest BCUT2D eigenvalue weighted by Crippen LogP contribution is 2.59. The van der Waals surface area contributed by atoms with E-state index in [0.717, 1.165) is 29.2 Å². The van der Waals surface area contributed by atoms with E-state index in [9.17, 15) is 14.4 Å². The first-order valence-corrected chi connectivity index (χ1v) is 12.4. The molecule has 9 heteroatoms. The molecule has 0 saturated heterocycles. The Morgan fingerprint density at radius 1 is 1.03 bits per heavy atom. The van der Waals surface area contributed by atoms with Crippen molar-refractivity contribution in [1.29, 1.82) is 0 Å². The van der Waals surface area contributed by atoms with Crippen molar-refractivity contribution < 1.29 is 19.6 Å². The van der Waals surface area contributed by atoms with E-state index < -0.39 is 17.9 Å². The van der Waals surface area contributed by atoms with Crippen molar-refractivity contribution in [3.63, 3.8) is 0 Å². The minimum Gasteiger partial charge on any atom is -0.339 e. The fourth-order valence-electron chi connectivity index (χ4n) is 5.60. The number of hydrogen-bond donors (Lipinski definition) is 6. The number of carbonyl (C=O) groups is 3. The zero-order chi connectivity index (χ0) is 25.9. The molecule has 5 rings (SSSR count). The molecule has 3 amide bonds. The molecule has 9 nitrogen and oxygen atoms in total. The van der Waals surface area contributed by atoms with Crippen LogP contribution >= 0.6 is 0 Å². The van der Waals surface area contributed by atoms with Crippen LogP contribution in [-0.4, -0.2) is 48.1 Å². The van der Waals surface area contributed by atoms with Gasteiger partial charge in [0.25, 0.3) is 11.8 Å². The van der Waals surface area contributed by atoms with Crippen LogP contribution in [0.5, 0.6) is 0 Å². The molecule has 3 fully saturated rings. The molecule has 0 aromatic heterocycles. The van der Waals surface area contributed by atoms with E-state index in [0.29, 0.717) is 29.5 Å². The Morgan fingerprint density at radius 3 is 2.22 bits per heavy atom. The SMILES string of the molecule is CC1(C)[C@H]2CCC(NCC(=O)Nc3ccc(-c4ccc(C(=O)N[C@@H](CN)C(=O)NO)cc4)cc3)[C@@H]1C2. The first kappa shape index (κ1) is 25.8. The standard InChI is InChI=1S/C27H35N5O4/c1-27(2)19-9-12-22(21(27)13-19)29-15-24(33)30-20-10-7-17(8-11-20)16-3-5-18(6-4-16)25(34)31-23(14-28)26(35)32-36/h3-8,10-11,19,21-23,29,36H,9,12-15,28H2,1-2H3,(H,30,33)(H,31,34)(H,32,35)/t19-,21-,22?,23-/m0/s1. The normalized spacial score (nSPS) is 22.6. The number of amides is 3. The van der Waals surface area contributed by atoms with Crippen molar-refractivity contribution in [2.24, 2.45) is 23.0 Å². The highest BCUT2D eigenvalue weighted by molar-refractivity contribution is 5.98. The summed E-state index contributed by atoms with van der Waals surface area (Å²) in [6.07, 6.45) is 3.66. The van der Waals surface area contributed by atoms with Crippen molar-refractivity contribution in [3.8, 4) is 11.1 Å². The van der Waals surface area contributed by atoms with Crippen LogP contribution in [0.25, 0.3) is 11.1 Å². The maximum absolute atomic E-state index is 12.5. The number of rotatable bonds is 9. The van der Waals surface area contributed by atoms with Gasteiger partial charge in [0.1, 0.15) is 6.04 Å². The second kappa shape index (κ2) is 10.8. The third-order valence-corrected chi connectivity index (χ3v) is 8.00. The number of anilines is 1. The summed E-state index contributed by atoms with van der Waals surface area (Å²) < 4.78 is 0. The number of fused-ring (bicyclic) bond motifs is 2. The number of hydrogen-bond acceptors (Lipinski definition) is 6. The van der Waals surface area contributed by atoms with E-state index in [1.54, 1.807) is 24.3 Å². The van der Waals surface area contributed by atoms with Gasteiger partial charge in [-0.05, 0) is 71.9 Å². The topological polar surface area (TPSA) is 146 Å². The van der Waals surface area contributed by atoms with Crippen molar-refractivity contribution in [2.45, 2.75) is 45.2 Å². The molecule has 0 radical (unpaired) electrons. The third kappa shape index (κ3) is 5.43. The molecule has 36 heavy (non-hydrogen) atoms. The van der Waals surface area contributed by atoms with Crippen molar-refractivity contribution in [1.82, 2.24) is 16.1 Å². The Kier molecular flexibility index (Phi) is 7.73. The predicted molar refractivity (Wildman–Crippen MR) is 137 cm³/mol. The fraction of sp³-hybridized carbons (Fsp3) is 0.444. The van der Waals surface area contributed by atoms with Crippen LogP contribution in [0, 0.1) is 17.3 Å². The van der Waals surface area contributed by atoms with E-state index in [1.807, 2.05) is 24.3 Å². The Bertz CT molecular complexity index is 1100. The molecule has 192 valence electrons. The van der Waals surface area contributed by atoms with Crippen molar-refractivity contribution in [3.05, 3.63) is 54.1 Å². The third-order valence-electron chi connectivity index (χ3n) is 8.00. The quantitative estimate of drug-likeness (QED) is 0.233. The Labute approximate surface area is 211 Å². The molecule has 3 aliphatic carbocycles. The van der Waals surface area contributed by atoms with Crippen LogP contribution in [0.1, 0.15) is 43.5 Å². The lowest BCUT2D eigenvalue weighted by atomic mass is 9.47. The number of nitrogens with one attached hydrogen (secondary N) is 4. The van der Waals surface area contributed by atoms with Gasteiger partial charge in [0.2, 0.25) is 5.91 Å². The lowest BCUT2D eigenvalue weighted by molar-refractivity contribution is -0.130. The maximum Gasteiger partial charge on any atom is 0.267 e. The van der Waals surface area contributed by atoms with E-state index in [-0.39, 0.29) is 12.5 Å². The summed E-state index contributed by atoms with van der Waals surface area (Å²) in [6, 6.07) is 13.8. The van der Waals surface area contributed by atoms with Crippen LogP contribution in [0.2, 0.25) is 0 Å². The summed E-state index contributed by atoms with van der Waals surface area (Å²) in [5.74, 6) is 0.192. The second-order valence-electron chi connectivity index (χ2n) is 10.4. The zero-order valence-corrected chi connectivity index (χ0v) is 20.7. The number of carbonyl (C=O) groups excluding carboxylic acids is 3. The highest BCUT2D eigenvalue weighted by Gasteiger charge is 2.54. The van der Waals surface area contributed by atoms with Gasteiger partial charge < -0.3 is 21.7 Å². The molecule has 0 heterocycles. The molecule has 7 N–H and O–H groups in total. The highest BCUT2D eigenvalue weighted by atomic mass is 16.5. The molecule has 2 bridgehead atoms. The van der Waals surface area contributed by atoms with E-state index in [4.69, 9.17) is 10.9 Å². The summed E-state index contributed by atoms with van der Waals surface area (Å²) in [4.78, 5) is 36.4. The molecule has 3 saturated carbocycles. The first-order chi connectivity index (χ1) is 17.2. The van der Waals surface area contributed by atoms with Crippen LogP contribution in [-0.2, 0) is 9.59 Å². The van der Waals surface area contributed by atoms with Gasteiger partial charge in [-0.25, -0.2) is 5.48 Å². The second-order valence-corrected chi connectivity index (χ2v) is 10.4. The monoisotopic (exact) mass is 493 g/mol. The van der Waals surface area contributed by atoms with Gasteiger partial charge in [0, 0.05) is 23.8 Å². The summed E-state index contributed by atoms with van der Waals surface area (Å²) in [6.45, 7) is 4.85. The predicted octanol–water partition coefficient (Wildman–Crippen LogP) is 2.27. The molecule has 0 spiro atoms. The smallest absolute Gasteiger partial charge is 0.267 e. The number of benzene rings is 2. The van der Waals surface area contributed by atoms with Crippen LogP contribution in [0.4, 0.5) is 5.69 Å². The van der Waals surface area contributed by atoms with Gasteiger partial charge in [0.05, 0.1) is 6.54 Å². The van der Waals surface area contributed by atoms with Gasteiger partial charge in [-0.15, -0.1) is 0 Å². The summed E-state index contributed by atoms with van der Waals surface area (Å²) in [7, 11) is 0. The minimum atomic E-state index is -1.03. The Morgan fingerprint density at radius 2 is 1.67 bits per heavy atom. The van der Waals surface area contributed by atoms with Crippen molar-refractivity contribution >= 4 is 23.4 Å². The number of nitrogens with two attached hydrogens (primary N) is 1. The van der Waals surface area contributed by atoms with Gasteiger partial charge >= 0.3 is 0 Å². The van der Waals surface area contributed by atoms with Crippen LogP contribution < -0.4 is 27.2 Å². The first-order valence-electron chi connectivity index (χ1n) is 12.4. The van der Waals surface area contributed by atoms with Gasteiger partial charge in [-0.2, -0.15) is 0 Å². The molecule has 2 aromatic carbocycles. The molecule has 4 atom stereocenters. The average Bonchev–Trinajstić information content (AvgIpc) is 2.90. The average molecular weight is 494 g/mol. The molecule has 3 aliphatic rings. The molecule has 1 unspecified atom stereocenters. The summed E-state index contributed by atoms with van der Waals surface area (Å²) in [5.41, 5.74) is 10.3. The summed E-state index contributed by atoms with van der Waals surface area (Å²) >= 11 is 0. The largest absolute Gasteiger partial charge is 0.339 e. The lowest BCUT2D eigenvalue weighted by Gasteiger charge is -2.60. The van der Waals surface area contributed by atoms with E-state index in [2.05, 4.69) is 29.8 Å². The fourth-order valence-corrected chi connectivity index (χ4v) is 5.60. The van der Waals surface area contributed by atoms with E-state index >= 15 is 0 Å². The molecule has 2 aromatic rings. The van der Waals surface area contributed by atoms with Crippen molar-refractivity contribution in [2.75, 3.05) is 18.4 Å². The lowest BCUT2D eigenvalue weighted by Crippen LogP contribution is -2.59. The Balaban J connectivity index is 1.28. The van der Waals surface area contributed by atoms with Gasteiger partial charge in [0.15, 0.2) is 0 Å². The molecular formula is C27H35N5O4. The summed E-state index contributed by atoms with van der Waals surface area (Å²) in [5, 5.41) is 17.6. The van der Waals surface area contributed by atoms with Crippen LogP contribution in [0.3, 0.4) is 0 Å². The van der Waals surface area contributed by atoms with Gasteiger partial charge in [-0.1, -0.05) is 38.1 Å². The zero-order valence-electron chi connectivity index (χ0n) is 20.7. The minimum absolute atomic E-state index is 0.0527. The Hall–Kier alpha value is -3.27. The maximum atomic E-state index is 12.5. The molecular weight excluding hydrogens is 458 g/mol.